The van der Waals surface area contributed by atoms with Crippen LogP contribution in [0.3, 0.4) is 0 Å². The number of carbonyl (C=O) groups excluding carboxylic acids is 1. The largest absolute Gasteiger partial charge is 0.369 e. The summed E-state index contributed by atoms with van der Waals surface area (Å²) in [4.78, 5) is 15.0. The van der Waals surface area contributed by atoms with Crippen LogP contribution in [-0.4, -0.2) is 36.7 Å². The highest BCUT2D eigenvalue weighted by atomic mass is 35.5. The lowest BCUT2D eigenvalue weighted by molar-refractivity contribution is -0.126. The fourth-order valence-corrected chi connectivity index (χ4v) is 3.89. The fraction of sp³-hybridized carbons (Fsp3) is 0.455. The Labute approximate surface area is 126 Å². The summed E-state index contributed by atoms with van der Waals surface area (Å²) >= 11 is 11.4. The van der Waals surface area contributed by atoms with E-state index < -0.39 is 21.3 Å². The van der Waals surface area contributed by atoms with Crippen molar-refractivity contribution < 1.29 is 13.2 Å². The number of hydrogen-bond donors (Lipinski definition) is 1. The molecule has 20 heavy (non-hydrogen) atoms. The van der Waals surface area contributed by atoms with Crippen molar-refractivity contribution in [2.45, 2.75) is 18.2 Å². The number of rotatable bonds is 3. The van der Waals surface area contributed by atoms with Crippen molar-refractivity contribution in [3.8, 4) is 0 Å². The molecule has 0 saturated carbocycles. The van der Waals surface area contributed by atoms with Crippen LogP contribution in [0.2, 0.25) is 10.2 Å². The van der Waals surface area contributed by atoms with E-state index in [9.17, 15) is 13.2 Å². The minimum atomic E-state index is -3.76. The van der Waals surface area contributed by atoms with Gasteiger partial charge in [0.25, 0.3) is 0 Å². The van der Waals surface area contributed by atoms with E-state index in [0.717, 1.165) is 6.20 Å². The lowest BCUT2D eigenvalue weighted by atomic mass is 9.89. The average molecular weight is 338 g/mol. The highest BCUT2D eigenvalue weighted by Gasteiger charge is 2.43. The summed E-state index contributed by atoms with van der Waals surface area (Å²) in [6, 6.07) is 1.24. The van der Waals surface area contributed by atoms with Crippen molar-refractivity contribution in [2.24, 2.45) is 11.1 Å². The minimum absolute atomic E-state index is 0.0361. The number of pyridine rings is 1. The molecule has 6 nitrogen and oxygen atoms in total. The summed E-state index contributed by atoms with van der Waals surface area (Å²) in [5.41, 5.74) is 4.46. The van der Waals surface area contributed by atoms with Gasteiger partial charge in [0.1, 0.15) is 10.0 Å². The molecule has 110 valence electrons. The number of nitrogens with two attached hydrogens (primary N) is 1. The van der Waals surface area contributed by atoms with Crippen molar-refractivity contribution in [1.82, 2.24) is 9.29 Å². The molecule has 0 bridgehead atoms. The Morgan fingerprint density at radius 1 is 1.50 bits per heavy atom. The first-order valence-electron chi connectivity index (χ1n) is 5.78. The van der Waals surface area contributed by atoms with Gasteiger partial charge in [-0.1, -0.05) is 23.2 Å². The molecule has 1 aromatic heterocycles. The molecule has 1 aliphatic heterocycles. The SMILES string of the molecule is CC1(C(N)=O)CCN(S(=O)(=O)c2cnc(Cl)c(Cl)c2)C1. The van der Waals surface area contributed by atoms with Crippen LogP contribution in [0.25, 0.3) is 0 Å². The molecule has 1 fully saturated rings. The third-order valence-corrected chi connectivity index (χ3v) is 5.94. The maximum Gasteiger partial charge on any atom is 0.244 e. The Morgan fingerprint density at radius 2 is 2.15 bits per heavy atom. The van der Waals surface area contributed by atoms with Crippen LogP contribution in [-0.2, 0) is 14.8 Å². The second-order valence-electron chi connectivity index (χ2n) is 4.96. The van der Waals surface area contributed by atoms with Crippen molar-refractivity contribution in [1.29, 1.82) is 0 Å². The Hall–Kier alpha value is -0.890. The molecule has 1 amide bonds. The number of aromatic nitrogens is 1. The molecule has 1 unspecified atom stereocenters. The number of nitrogens with zero attached hydrogens (tertiary/aromatic N) is 2. The van der Waals surface area contributed by atoms with E-state index in [1.165, 1.54) is 10.4 Å². The topological polar surface area (TPSA) is 93.4 Å². The van der Waals surface area contributed by atoms with Gasteiger partial charge in [-0.25, -0.2) is 13.4 Å². The van der Waals surface area contributed by atoms with Gasteiger partial charge < -0.3 is 5.73 Å². The van der Waals surface area contributed by atoms with Crippen LogP contribution in [0, 0.1) is 5.41 Å². The second kappa shape index (κ2) is 5.14. The van der Waals surface area contributed by atoms with Crippen molar-refractivity contribution >= 4 is 39.1 Å². The number of halogens is 2. The second-order valence-corrected chi connectivity index (χ2v) is 7.66. The molecule has 9 heteroatoms. The van der Waals surface area contributed by atoms with Gasteiger partial charge >= 0.3 is 0 Å². The lowest BCUT2D eigenvalue weighted by Gasteiger charge is -2.20. The van der Waals surface area contributed by atoms with E-state index >= 15 is 0 Å². The van der Waals surface area contributed by atoms with E-state index in [1.54, 1.807) is 6.92 Å². The predicted octanol–water partition coefficient (Wildman–Crippen LogP) is 1.27. The van der Waals surface area contributed by atoms with Crippen molar-refractivity contribution in [2.75, 3.05) is 13.1 Å². The van der Waals surface area contributed by atoms with Crippen molar-refractivity contribution in [3.63, 3.8) is 0 Å². The summed E-state index contributed by atoms with van der Waals surface area (Å²) in [5.74, 6) is -0.512. The van der Waals surface area contributed by atoms with Crippen LogP contribution < -0.4 is 5.73 Å². The number of amides is 1. The Bertz CT molecular complexity index is 665. The Kier molecular flexibility index (Phi) is 3.98. The van der Waals surface area contributed by atoms with E-state index in [0.29, 0.717) is 6.42 Å². The third kappa shape index (κ3) is 2.63. The highest BCUT2D eigenvalue weighted by Crippen LogP contribution is 2.34. The van der Waals surface area contributed by atoms with Gasteiger partial charge in [0, 0.05) is 19.3 Å². The first-order valence-corrected chi connectivity index (χ1v) is 7.97. The molecule has 1 aromatic rings. The standard InChI is InChI=1S/C11H13Cl2N3O3S/c1-11(10(14)17)2-3-16(6-11)20(18,19)7-4-8(12)9(13)15-5-7/h4-5H,2-3,6H2,1H3,(H2,14,17). The minimum Gasteiger partial charge on any atom is -0.369 e. The molecule has 1 saturated heterocycles. The molecule has 2 N–H and O–H groups in total. The zero-order valence-electron chi connectivity index (χ0n) is 10.6. The number of hydrogen-bond acceptors (Lipinski definition) is 4. The summed E-state index contributed by atoms with van der Waals surface area (Å²) in [6.07, 6.45) is 1.53. The van der Waals surface area contributed by atoms with Crippen molar-refractivity contribution in [3.05, 3.63) is 22.4 Å². The van der Waals surface area contributed by atoms with Gasteiger partial charge in [-0.15, -0.1) is 0 Å². The molecule has 2 rings (SSSR count). The molecule has 1 atom stereocenters. The average Bonchev–Trinajstić information content (AvgIpc) is 2.77. The lowest BCUT2D eigenvalue weighted by Crippen LogP contribution is -2.38. The third-order valence-electron chi connectivity index (χ3n) is 3.44. The van der Waals surface area contributed by atoms with Gasteiger partial charge in [-0.05, 0) is 19.4 Å². The van der Waals surface area contributed by atoms with Crippen LogP contribution in [0.4, 0.5) is 0 Å². The zero-order valence-corrected chi connectivity index (χ0v) is 13.0. The highest BCUT2D eigenvalue weighted by molar-refractivity contribution is 7.89. The van der Waals surface area contributed by atoms with Gasteiger partial charge in [0.2, 0.25) is 15.9 Å². The Morgan fingerprint density at radius 3 is 2.65 bits per heavy atom. The molecule has 1 aliphatic rings. The molecule has 0 spiro atoms. The van der Waals surface area contributed by atoms with Gasteiger partial charge in [-0.2, -0.15) is 4.31 Å². The summed E-state index contributed by atoms with van der Waals surface area (Å²) in [7, 11) is -3.76. The molecular formula is C11H13Cl2N3O3S. The van der Waals surface area contributed by atoms with E-state index in [4.69, 9.17) is 28.9 Å². The van der Waals surface area contributed by atoms with Crippen LogP contribution in [0.15, 0.2) is 17.2 Å². The monoisotopic (exact) mass is 337 g/mol. The van der Waals surface area contributed by atoms with Crippen LogP contribution >= 0.6 is 23.2 Å². The van der Waals surface area contributed by atoms with E-state index in [1.807, 2.05) is 0 Å². The summed E-state index contributed by atoms with van der Waals surface area (Å²) in [6.45, 7) is 1.92. The van der Waals surface area contributed by atoms with Gasteiger partial charge in [-0.3, -0.25) is 4.79 Å². The van der Waals surface area contributed by atoms with E-state index in [-0.39, 0.29) is 28.2 Å². The first-order chi connectivity index (χ1) is 9.17. The number of sulfonamides is 1. The fourth-order valence-electron chi connectivity index (χ4n) is 2.02. The molecular weight excluding hydrogens is 325 g/mol. The zero-order chi connectivity index (χ0) is 15.1. The predicted molar refractivity (Wildman–Crippen MR) is 74.9 cm³/mol. The van der Waals surface area contributed by atoms with Gasteiger partial charge in [0.15, 0.2) is 0 Å². The van der Waals surface area contributed by atoms with Gasteiger partial charge in [0.05, 0.1) is 10.4 Å². The molecule has 2 heterocycles. The molecule has 0 aromatic carbocycles. The summed E-state index contributed by atoms with van der Waals surface area (Å²) in [5, 5.41) is 0.0959. The number of primary amides is 1. The summed E-state index contributed by atoms with van der Waals surface area (Å²) < 4.78 is 26.1. The Balaban J connectivity index is 2.33. The smallest absolute Gasteiger partial charge is 0.244 e. The van der Waals surface area contributed by atoms with E-state index in [2.05, 4.69) is 4.98 Å². The molecule has 0 aliphatic carbocycles. The molecule has 0 radical (unpaired) electrons. The normalized spacial score (nSPS) is 23.9. The first kappa shape index (κ1) is 15.5. The van der Waals surface area contributed by atoms with Crippen LogP contribution in [0.1, 0.15) is 13.3 Å². The quantitative estimate of drug-likeness (QED) is 0.840. The van der Waals surface area contributed by atoms with Crippen LogP contribution in [0.5, 0.6) is 0 Å². The maximum atomic E-state index is 12.4. The maximum absolute atomic E-state index is 12.4. The number of carbonyl (C=O) groups is 1.